The van der Waals surface area contributed by atoms with Gasteiger partial charge >= 0.3 is 0 Å². The van der Waals surface area contributed by atoms with Gasteiger partial charge in [0.2, 0.25) is 0 Å². The van der Waals surface area contributed by atoms with E-state index in [2.05, 4.69) is 6.58 Å². The van der Waals surface area contributed by atoms with Crippen LogP contribution in [0.3, 0.4) is 0 Å². The second-order valence-electron chi connectivity index (χ2n) is 3.48. The monoisotopic (exact) mass is 206 g/mol. The summed E-state index contributed by atoms with van der Waals surface area (Å²) < 4.78 is 11.2. The summed E-state index contributed by atoms with van der Waals surface area (Å²) in [5, 5.41) is 0. The van der Waals surface area contributed by atoms with Crippen molar-refractivity contribution in [2.75, 3.05) is 6.61 Å². The van der Waals surface area contributed by atoms with Crippen LogP contribution in [0.1, 0.15) is 26.3 Å². The van der Waals surface area contributed by atoms with Crippen LogP contribution >= 0.6 is 0 Å². The van der Waals surface area contributed by atoms with Crippen molar-refractivity contribution in [2.45, 2.75) is 26.9 Å². The van der Waals surface area contributed by atoms with Crippen molar-refractivity contribution in [1.82, 2.24) is 0 Å². The van der Waals surface area contributed by atoms with E-state index in [4.69, 9.17) is 9.47 Å². The molecule has 0 atom stereocenters. The summed E-state index contributed by atoms with van der Waals surface area (Å²) in [5.41, 5.74) is 0.968. The fraction of sp³-hybridized carbons (Fsp3) is 0.385. The van der Waals surface area contributed by atoms with Crippen molar-refractivity contribution in [3.05, 3.63) is 30.3 Å². The third kappa shape index (κ3) is 3.01. The van der Waals surface area contributed by atoms with Gasteiger partial charge in [-0.15, -0.1) is 0 Å². The average molecular weight is 206 g/mol. The molecule has 0 unspecified atom stereocenters. The fourth-order valence-electron chi connectivity index (χ4n) is 1.34. The number of benzene rings is 1. The molecule has 0 radical (unpaired) electrons. The first-order chi connectivity index (χ1) is 7.19. The van der Waals surface area contributed by atoms with Gasteiger partial charge in [-0.1, -0.05) is 24.8 Å². The van der Waals surface area contributed by atoms with E-state index >= 15 is 0 Å². The van der Waals surface area contributed by atoms with Crippen LogP contribution in [0.2, 0.25) is 0 Å². The minimum absolute atomic E-state index is 0.143. The molecule has 0 N–H and O–H groups in total. The molecular formula is C13H18O2. The lowest BCUT2D eigenvalue weighted by Gasteiger charge is -2.16. The molecule has 1 aromatic rings. The molecule has 0 heterocycles. The summed E-state index contributed by atoms with van der Waals surface area (Å²) in [6.07, 6.45) is 1.92. The Morgan fingerprint density at radius 1 is 1.40 bits per heavy atom. The number of ether oxygens (including phenoxy) is 2. The van der Waals surface area contributed by atoms with Gasteiger partial charge in [-0.25, -0.2) is 0 Å². The van der Waals surface area contributed by atoms with Gasteiger partial charge in [0.25, 0.3) is 0 Å². The highest BCUT2D eigenvalue weighted by Crippen LogP contribution is 2.32. The third-order valence-corrected chi connectivity index (χ3v) is 1.88. The molecule has 1 rings (SSSR count). The van der Waals surface area contributed by atoms with E-state index in [-0.39, 0.29) is 6.10 Å². The van der Waals surface area contributed by atoms with E-state index in [0.29, 0.717) is 6.61 Å². The van der Waals surface area contributed by atoms with Crippen LogP contribution in [0.15, 0.2) is 24.8 Å². The lowest BCUT2D eigenvalue weighted by atomic mass is 10.2. The van der Waals surface area contributed by atoms with Gasteiger partial charge < -0.3 is 9.47 Å². The first-order valence-corrected chi connectivity index (χ1v) is 5.24. The molecule has 0 spiro atoms. The van der Waals surface area contributed by atoms with Crippen molar-refractivity contribution in [3.8, 4) is 11.5 Å². The van der Waals surface area contributed by atoms with E-state index in [1.807, 2.05) is 39.0 Å². The second kappa shape index (κ2) is 5.44. The van der Waals surface area contributed by atoms with E-state index in [1.165, 1.54) is 0 Å². The van der Waals surface area contributed by atoms with Gasteiger partial charge in [0.1, 0.15) is 0 Å². The molecule has 0 aliphatic rings. The SMILES string of the molecule is C=Cc1cccc(OC(C)C)c1OCC. The van der Waals surface area contributed by atoms with Crippen LogP contribution in [-0.2, 0) is 0 Å². The van der Waals surface area contributed by atoms with E-state index in [9.17, 15) is 0 Å². The van der Waals surface area contributed by atoms with Gasteiger partial charge in [0.05, 0.1) is 12.7 Å². The third-order valence-electron chi connectivity index (χ3n) is 1.88. The zero-order valence-electron chi connectivity index (χ0n) is 9.62. The average Bonchev–Trinajstić information content (AvgIpc) is 2.20. The van der Waals surface area contributed by atoms with Crippen molar-refractivity contribution >= 4 is 6.08 Å². The van der Waals surface area contributed by atoms with Crippen LogP contribution in [0.25, 0.3) is 6.08 Å². The summed E-state index contributed by atoms with van der Waals surface area (Å²) in [6.45, 7) is 10.3. The van der Waals surface area contributed by atoms with Gasteiger partial charge in [-0.3, -0.25) is 0 Å². The number of rotatable bonds is 5. The normalized spacial score (nSPS) is 10.1. The van der Waals surface area contributed by atoms with Gasteiger partial charge in [-0.2, -0.15) is 0 Å². The Morgan fingerprint density at radius 2 is 2.13 bits per heavy atom. The molecule has 2 heteroatoms. The molecule has 2 nitrogen and oxygen atoms in total. The molecule has 0 fully saturated rings. The van der Waals surface area contributed by atoms with Crippen LogP contribution < -0.4 is 9.47 Å². The maximum absolute atomic E-state index is 5.67. The Morgan fingerprint density at radius 3 is 2.67 bits per heavy atom. The predicted molar refractivity (Wildman–Crippen MR) is 63.5 cm³/mol. The first-order valence-electron chi connectivity index (χ1n) is 5.24. The highest BCUT2D eigenvalue weighted by Gasteiger charge is 2.09. The molecule has 0 aromatic heterocycles. The Kier molecular flexibility index (Phi) is 4.22. The van der Waals surface area contributed by atoms with E-state index in [1.54, 1.807) is 6.08 Å². The smallest absolute Gasteiger partial charge is 0.168 e. The van der Waals surface area contributed by atoms with Gasteiger partial charge in [0, 0.05) is 5.56 Å². The number of hydrogen-bond donors (Lipinski definition) is 0. The first kappa shape index (κ1) is 11.6. The molecule has 0 saturated carbocycles. The van der Waals surface area contributed by atoms with E-state index < -0.39 is 0 Å². The molecule has 0 aliphatic heterocycles. The summed E-state index contributed by atoms with van der Waals surface area (Å²) >= 11 is 0. The van der Waals surface area contributed by atoms with Crippen molar-refractivity contribution in [1.29, 1.82) is 0 Å². The van der Waals surface area contributed by atoms with Crippen LogP contribution in [-0.4, -0.2) is 12.7 Å². The second-order valence-corrected chi connectivity index (χ2v) is 3.48. The van der Waals surface area contributed by atoms with Crippen LogP contribution in [0.4, 0.5) is 0 Å². The highest BCUT2D eigenvalue weighted by molar-refractivity contribution is 5.61. The molecule has 0 amide bonds. The van der Waals surface area contributed by atoms with Gasteiger partial charge in [-0.05, 0) is 26.8 Å². The molecule has 0 bridgehead atoms. The minimum atomic E-state index is 0.143. The topological polar surface area (TPSA) is 18.5 Å². The molecule has 1 aromatic carbocycles. The molecular weight excluding hydrogens is 188 g/mol. The summed E-state index contributed by atoms with van der Waals surface area (Å²) in [7, 11) is 0. The van der Waals surface area contributed by atoms with Crippen molar-refractivity contribution in [3.63, 3.8) is 0 Å². The Bertz CT molecular complexity index is 329. The summed E-state index contributed by atoms with van der Waals surface area (Å²) in [6, 6.07) is 5.82. The zero-order valence-corrected chi connectivity index (χ0v) is 9.62. The fourth-order valence-corrected chi connectivity index (χ4v) is 1.34. The number of para-hydroxylation sites is 1. The Balaban J connectivity index is 3.06. The van der Waals surface area contributed by atoms with Crippen molar-refractivity contribution in [2.24, 2.45) is 0 Å². The standard InChI is InChI=1S/C13H18O2/c1-5-11-8-7-9-12(15-10(3)4)13(11)14-6-2/h5,7-10H,1,6H2,2-4H3. The zero-order chi connectivity index (χ0) is 11.3. The maximum Gasteiger partial charge on any atom is 0.168 e. The van der Waals surface area contributed by atoms with Crippen LogP contribution in [0.5, 0.6) is 11.5 Å². The van der Waals surface area contributed by atoms with Gasteiger partial charge in [0.15, 0.2) is 11.5 Å². The molecule has 0 aliphatic carbocycles. The molecule has 15 heavy (non-hydrogen) atoms. The van der Waals surface area contributed by atoms with Crippen molar-refractivity contribution < 1.29 is 9.47 Å². The summed E-state index contributed by atoms with van der Waals surface area (Å²) in [4.78, 5) is 0. The quantitative estimate of drug-likeness (QED) is 0.734. The molecule has 82 valence electrons. The minimum Gasteiger partial charge on any atom is -0.489 e. The largest absolute Gasteiger partial charge is 0.489 e. The molecule has 0 saturated heterocycles. The summed E-state index contributed by atoms with van der Waals surface area (Å²) in [5.74, 6) is 1.56. The predicted octanol–water partition coefficient (Wildman–Crippen LogP) is 3.52. The highest BCUT2D eigenvalue weighted by atomic mass is 16.5. The maximum atomic E-state index is 5.67. The lowest BCUT2D eigenvalue weighted by Crippen LogP contribution is -2.07. The lowest BCUT2D eigenvalue weighted by molar-refractivity contribution is 0.223. The van der Waals surface area contributed by atoms with E-state index in [0.717, 1.165) is 17.1 Å². The van der Waals surface area contributed by atoms with Crippen LogP contribution in [0, 0.1) is 0 Å². The number of hydrogen-bond acceptors (Lipinski definition) is 2. The Hall–Kier alpha value is -1.44. The Labute approximate surface area is 91.5 Å².